The van der Waals surface area contributed by atoms with Crippen LogP contribution >= 0.6 is 0 Å². The third-order valence-electron chi connectivity index (χ3n) is 8.60. The quantitative estimate of drug-likeness (QED) is 0.116. The Labute approximate surface area is 256 Å². The molecule has 1 rings (SSSR count). The van der Waals surface area contributed by atoms with E-state index in [1.807, 2.05) is 39.8 Å². The van der Waals surface area contributed by atoms with Gasteiger partial charge in [-0.2, -0.15) is 8.42 Å². The van der Waals surface area contributed by atoms with Crippen LogP contribution in [0.25, 0.3) is 0 Å². The molecule has 0 radical (unpaired) electrons. The first-order valence-electron chi connectivity index (χ1n) is 17.0. The van der Waals surface area contributed by atoms with Gasteiger partial charge < -0.3 is 5.73 Å². The molecule has 1 aromatic carbocycles. The molecule has 0 aliphatic heterocycles. The van der Waals surface area contributed by atoms with Crippen LogP contribution in [0.3, 0.4) is 0 Å². The summed E-state index contributed by atoms with van der Waals surface area (Å²) in [5.41, 5.74) is 8.65. The van der Waals surface area contributed by atoms with Crippen molar-refractivity contribution in [3.05, 3.63) is 28.8 Å². The van der Waals surface area contributed by atoms with Crippen molar-refractivity contribution in [2.45, 2.75) is 194 Å². The highest BCUT2D eigenvalue weighted by atomic mass is 32.2. The summed E-state index contributed by atoms with van der Waals surface area (Å²) in [4.78, 5) is 0.0990. The van der Waals surface area contributed by atoms with Crippen LogP contribution in [0, 0.1) is 5.92 Å². The number of nitrogens with two attached hydrogens (primary N) is 1. The molecule has 1 atom stereocenters. The third kappa shape index (κ3) is 17.7. The molecule has 0 aliphatic carbocycles. The monoisotopic (exact) mass is 595 g/mol. The second-order valence-corrected chi connectivity index (χ2v) is 15.4. The van der Waals surface area contributed by atoms with Crippen molar-refractivity contribution in [2.75, 3.05) is 0 Å². The Hall–Kier alpha value is -0.910. The van der Waals surface area contributed by atoms with E-state index in [2.05, 4.69) is 41.5 Å². The fraction of sp³-hybridized carbons (Fsp3) is 0.833. The molecule has 1 unspecified atom stereocenters. The van der Waals surface area contributed by atoms with Crippen LogP contribution in [0.1, 0.15) is 200 Å². The molecule has 0 amide bonds. The van der Waals surface area contributed by atoms with Gasteiger partial charge in [0.15, 0.2) is 0 Å². The molecule has 0 heterocycles. The van der Waals surface area contributed by atoms with E-state index in [0.29, 0.717) is 23.0 Å². The average Bonchev–Trinajstić information content (AvgIpc) is 2.87. The summed E-state index contributed by atoms with van der Waals surface area (Å²) in [7, 11) is -4.20. The van der Waals surface area contributed by atoms with Gasteiger partial charge in [-0.3, -0.25) is 4.55 Å². The fourth-order valence-electron chi connectivity index (χ4n) is 5.20. The van der Waals surface area contributed by atoms with Crippen molar-refractivity contribution >= 4 is 10.1 Å². The number of hydrogen-bond donors (Lipinski definition) is 2. The second-order valence-electron chi connectivity index (χ2n) is 14.1. The van der Waals surface area contributed by atoms with Gasteiger partial charge in [-0.1, -0.05) is 157 Å². The first kappa shape index (κ1) is 40.1. The normalized spacial score (nSPS) is 13.1. The number of rotatable bonds is 20. The first-order valence-corrected chi connectivity index (χ1v) is 18.4. The lowest BCUT2D eigenvalue weighted by Crippen LogP contribution is -2.39. The molecule has 4 nitrogen and oxygen atoms in total. The molecule has 0 aliphatic rings. The number of unbranched alkanes of at least 4 members (excludes halogenated alkanes) is 13. The minimum atomic E-state index is -4.20. The summed E-state index contributed by atoms with van der Waals surface area (Å²) < 4.78 is 33.0. The molecule has 41 heavy (non-hydrogen) atoms. The van der Waals surface area contributed by atoms with Gasteiger partial charge in [-0.05, 0) is 60.6 Å². The van der Waals surface area contributed by atoms with Crippen molar-refractivity contribution in [1.29, 1.82) is 0 Å². The highest BCUT2D eigenvalue weighted by Gasteiger charge is 2.25. The van der Waals surface area contributed by atoms with Crippen LogP contribution in [-0.4, -0.2) is 18.5 Å². The standard InChI is InChI=1S/C21H45N.C15H24O3S/c1-5-6-7-8-9-10-11-12-13-14-15-16-17-18-19-20(2)21(3,4)22;1-9(2)12-7-13(10(3)4)15(19(16,17)18)14(8-12)11(5)6/h20H,5-19,22H2,1-4H3;7-11H,1-6H3,(H,16,17,18). The van der Waals surface area contributed by atoms with E-state index in [-0.39, 0.29) is 22.3 Å². The predicted molar refractivity (Wildman–Crippen MR) is 181 cm³/mol. The summed E-state index contributed by atoms with van der Waals surface area (Å²) in [5.74, 6) is 1.07. The maximum Gasteiger partial charge on any atom is 0.295 e. The summed E-state index contributed by atoms with van der Waals surface area (Å²) in [6.07, 6.45) is 21.4. The van der Waals surface area contributed by atoms with Gasteiger partial charge in [0.25, 0.3) is 10.1 Å². The lowest BCUT2D eigenvalue weighted by atomic mass is 9.86. The Morgan fingerprint density at radius 1 is 0.659 bits per heavy atom. The van der Waals surface area contributed by atoms with Gasteiger partial charge in [0.05, 0.1) is 0 Å². The second kappa shape index (κ2) is 20.9. The Morgan fingerprint density at radius 2 is 1.00 bits per heavy atom. The molecular weight excluding hydrogens is 526 g/mol. The number of benzene rings is 1. The van der Waals surface area contributed by atoms with E-state index in [1.165, 1.54) is 96.3 Å². The molecule has 0 aromatic heterocycles. The molecule has 0 spiro atoms. The van der Waals surface area contributed by atoms with E-state index in [9.17, 15) is 13.0 Å². The van der Waals surface area contributed by atoms with Gasteiger partial charge in [0.2, 0.25) is 0 Å². The highest BCUT2D eigenvalue weighted by Crippen LogP contribution is 2.34. The van der Waals surface area contributed by atoms with Crippen LogP contribution in [0.5, 0.6) is 0 Å². The topological polar surface area (TPSA) is 80.4 Å². The number of hydrogen-bond acceptors (Lipinski definition) is 3. The molecule has 0 bridgehead atoms. The smallest absolute Gasteiger partial charge is 0.295 e. The summed E-state index contributed by atoms with van der Waals surface area (Å²) in [6, 6.07) is 3.81. The lowest BCUT2D eigenvalue weighted by Gasteiger charge is -2.27. The van der Waals surface area contributed by atoms with Crippen LogP contribution in [0.4, 0.5) is 0 Å². The Bertz CT molecular complexity index is 884. The van der Waals surface area contributed by atoms with Crippen LogP contribution in [-0.2, 0) is 10.1 Å². The van der Waals surface area contributed by atoms with Crippen LogP contribution in [0.2, 0.25) is 0 Å². The van der Waals surface area contributed by atoms with E-state index < -0.39 is 10.1 Å². The van der Waals surface area contributed by atoms with Crippen molar-refractivity contribution < 1.29 is 13.0 Å². The molecule has 0 saturated carbocycles. The van der Waals surface area contributed by atoms with E-state index >= 15 is 0 Å². The van der Waals surface area contributed by atoms with Crippen molar-refractivity contribution in [1.82, 2.24) is 0 Å². The Kier molecular flexibility index (Phi) is 20.4. The molecule has 1 aromatic rings. The fourth-order valence-corrected chi connectivity index (χ4v) is 6.39. The van der Waals surface area contributed by atoms with E-state index in [1.54, 1.807) is 0 Å². The maximum absolute atomic E-state index is 11.7. The Morgan fingerprint density at radius 3 is 1.27 bits per heavy atom. The highest BCUT2D eigenvalue weighted by molar-refractivity contribution is 7.86. The van der Waals surface area contributed by atoms with E-state index in [0.717, 1.165) is 5.56 Å². The minimum Gasteiger partial charge on any atom is -0.325 e. The largest absolute Gasteiger partial charge is 0.325 e. The molecule has 242 valence electrons. The minimum absolute atomic E-state index is 0.00343. The zero-order valence-electron chi connectivity index (χ0n) is 28.8. The first-order chi connectivity index (χ1) is 19.0. The Balaban J connectivity index is 0.000000788. The summed E-state index contributed by atoms with van der Waals surface area (Å²) in [6.45, 7) is 20.8. The summed E-state index contributed by atoms with van der Waals surface area (Å²) in [5, 5.41) is 0. The van der Waals surface area contributed by atoms with Crippen LogP contribution in [0.15, 0.2) is 17.0 Å². The molecule has 5 heteroatoms. The van der Waals surface area contributed by atoms with Gasteiger partial charge in [0.1, 0.15) is 4.90 Å². The zero-order chi connectivity index (χ0) is 31.6. The van der Waals surface area contributed by atoms with Crippen LogP contribution < -0.4 is 5.73 Å². The molecule has 0 fully saturated rings. The molecule has 0 saturated heterocycles. The van der Waals surface area contributed by atoms with Gasteiger partial charge in [0, 0.05) is 5.54 Å². The predicted octanol–water partition coefficient (Wildman–Crippen LogP) is 11.5. The van der Waals surface area contributed by atoms with E-state index in [4.69, 9.17) is 5.73 Å². The van der Waals surface area contributed by atoms with Gasteiger partial charge >= 0.3 is 0 Å². The van der Waals surface area contributed by atoms with Crippen molar-refractivity contribution in [2.24, 2.45) is 11.7 Å². The third-order valence-corrected chi connectivity index (χ3v) is 9.59. The average molecular weight is 596 g/mol. The van der Waals surface area contributed by atoms with Crippen molar-refractivity contribution in [3.63, 3.8) is 0 Å². The van der Waals surface area contributed by atoms with Gasteiger partial charge in [-0.25, -0.2) is 0 Å². The summed E-state index contributed by atoms with van der Waals surface area (Å²) >= 11 is 0. The lowest BCUT2D eigenvalue weighted by molar-refractivity contribution is 0.316. The van der Waals surface area contributed by atoms with Gasteiger partial charge in [-0.15, -0.1) is 0 Å². The molecule has 3 N–H and O–H groups in total. The molecular formula is C36H69NO3S. The SMILES string of the molecule is CC(C)c1cc(C(C)C)c(S(=O)(=O)O)c(C(C)C)c1.CCCCCCCCCCCCCCCCC(C)C(C)(C)N. The van der Waals surface area contributed by atoms with Crippen molar-refractivity contribution in [3.8, 4) is 0 Å². The zero-order valence-corrected chi connectivity index (χ0v) is 29.6. The maximum atomic E-state index is 11.7.